The molecule has 248 valence electrons. The number of nitrogens with one attached hydrogen (secondary N) is 2. The molecule has 2 aromatic heterocycles. The van der Waals surface area contributed by atoms with Gasteiger partial charge in [0.1, 0.15) is 0 Å². The van der Waals surface area contributed by atoms with Crippen LogP contribution in [0.25, 0.3) is 11.3 Å². The molecule has 1 aromatic carbocycles. The highest BCUT2D eigenvalue weighted by Crippen LogP contribution is 2.60. The molecule has 47 heavy (non-hydrogen) atoms. The number of aryl methyl sites for hydroxylation is 1. The predicted octanol–water partition coefficient (Wildman–Crippen LogP) is 6.06. The van der Waals surface area contributed by atoms with Crippen LogP contribution in [0.3, 0.4) is 0 Å². The number of aromatic nitrogens is 3. The second-order valence-electron chi connectivity index (χ2n) is 13.5. The topological polar surface area (TPSA) is 143 Å². The molecule has 12 nitrogen and oxygen atoms in total. The van der Waals surface area contributed by atoms with Gasteiger partial charge in [0.05, 0.1) is 12.1 Å². The van der Waals surface area contributed by atoms with Crippen molar-refractivity contribution in [2.24, 2.45) is 23.7 Å². The molecule has 6 heterocycles. The van der Waals surface area contributed by atoms with Gasteiger partial charge in [-0.1, -0.05) is 19.9 Å². The third kappa shape index (κ3) is 6.11. The fourth-order valence-corrected chi connectivity index (χ4v) is 7.68. The van der Waals surface area contributed by atoms with E-state index < -0.39 is 29.9 Å². The molecule has 1 aliphatic carbocycles. The molecular weight excluding hydrogens is 602 g/mol. The largest absolute Gasteiger partial charge is 0.435 e. The number of benzene rings is 1. The summed E-state index contributed by atoms with van der Waals surface area (Å²) in [5.41, 5.74) is 3.14. The van der Waals surface area contributed by atoms with Crippen molar-refractivity contribution in [3.63, 3.8) is 0 Å². The quantitative estimate of drug-likeness (QED) is 0.218. The van der Waals surface area contributed by atoms with Crippen LogP contribution in [0.15, 0.2) is 55.0 Å². The molecule has 4 saturated heterocycles. The summed E-state index contributed by atoms with van der Waals surface area (Å²) in [4.78, 5) is 51.0. The number of esters is 1. The summed E-state index contributed by atoms with van der Waals surface area (Å²) in [7, 11) is 0. The average molecular weight is 644 g/mol. The number of ether oxygens (including phenoxy) is 3. The fraction of sp³-hybridized carbons (Fsp3) is 0.514. The van der Waals surface area contributed by atoms with Crippen LogP contribution in [0.1, 0.15) is 64.9 Å². The standard InChI is InChI=1S/C35H41N5O7/c1-20-8-10-26-22(3)31(44-32-35(26)25(20)13-15-34(4,45-32)46-47-35)43-30(42)12-11-29(41)38-24-9-7-21(2)28(18-24)40-33-37-17-14-27(39-33)23-6-5-16-36-19-23/h5-7,9,14,16-20,22,25-26,31-32H,8,10-13,15H2,1-4H3,(H,38,41)(H,37,39,40)/t20-,22-,25+,26+,31+,32-,34-,35-/m1/s1. The number of carbonyl (C=O) groups excluding carboxylic acids is 2. The predicted molar refractivity (Wildman–Crippen MR) is 171 cm³/mol. The number of fused-ring (bicyclic) bond motifs is 2. The highest BCUT2D eigenvalue weighted by atomic mass is 17.3. The lowest BCUT2D eigenvalue weighted by Gasteiger charge is -2.59. The normalized spacial score (nSPS) is 32.5. The maximum atomic E-state index is 13.0. The van der Waals surface area contributed by atoms with E-state index in [1.165, 1.54) is 0 Å². The molecule has 8 rings (SSSR count). The molecule has 1 spiro atoms. The van der Waals surface area contributed by atoms with Crippen molar-refractivity contribution >= 4 is 29.2 Å². The Kier molecular flexibility index (Phi) is 8.46. The second-order valence-corrected chi connectivity index (χ2v) is 13.5. The Balaban J connectivity index is 0.955. The van der Waals surface area contributed by atoms with Crippen molar-refractivity contribution in [3.05, 3.63) is 60.6 Å². The minimum absolute atomic E-state index is 0.0405. The number of pyridine rings is 1. The van der Waals surface area contributed by atoms with Gasteiger partial charge < -0.3 is 24.8 Å². The van der Waals surface area contributed by atoms with E-state index in [2.05, 4.69) is 32.5 Å². The zero-order valence-electron chi connectivity index (χ0n) is 27.1. The molecule has 0 radical (unpaired) electrons. The molecule has 1 saturated carbocycles. The number of anilines is 3. The number of hydrogen-bond acceptors (Lipinski definition) is 11. The van der Waals surface area contributed by atoms with E-state index in [1.54, 1.807) is 18.6 Å². The van der Waals surface area contributed by atoms with Gasteiger partial charge in [-0.3, -0.25) is 14.6 Å². The minimum Gasteiger partial charge on any atom is -0.435 e. The smallest absolute Gasteiger partial charge is 0.308 e. The van der Waals surface area contributed by atoms with Crippen LogP contribution in [0.4, 0.5) is 17.3 Å². The van der Waals surface area contributed by atoms with Gasteiger partial charge in [0.2, 0.25) is 23.9 Å². The van der Waals surface area contributed by atoms with Gasteiger partial charge in [0, 0.05) is 60.2 Å². The van der Waals surface area contributed by atoms with Crippen molar-refractivity contribution in [3.8, 4) is 11.3 Å². The van der Waals surface area contributed by atoms with Crippen LogP contribution in [-0.4, -0.2) is 50.8 Å². The van der Waals surface area contributed by atoms with E-state index in [0.717, 1.165) is 41.8 Å². The van der Waals surface area contributed by atoms with E-state index in [4.69, 9.17) is 24.0 Å². The summed E-state index contributed by atoms with van der Waals surface area (Å²) < 4.78 is 18.5. The second kappa shape index (κ2) is 12.6. The lowest BCUT2D eigenvalue weighted by molar-refractivity contribution is -0.576. The summed E-state index contributed by atoms with van der Waals surface area (Å²) >= 11 is 0. The molecule has 12 heteroatoms. The van der Waals surface area contributed by atoms with E-state index in [0.29, 0.717) is 24.0 Å². The van der Waals surface area contributed by atoms with Crippen LogP contribution >= 0.6 is 0 Å². The molecule has 1 amide bonds. The molecule has 5 aliphatic rings. The zero-order chi connectivity index (χ0) is 32.8. The van der Waals surface area contributed by atoms with Gasteiger partial charge in [0.25, 0.3) is 0 Å². The molecular formula is C35H41N5O7. The van der Waals surface area contributed by atoms with Gasteiger partial charge in [-0.25, -0.2) is 19.7 Å². The third-order valence-corrected chi connectivity index (χ3v) is 10.3. The van der Waals surface area contributed by atoms with Crippen molar-refractivity contribution < 1.29 is 33.6 Å². The molecule has 0 unspecified atom stereocenters. The number of rotatable bonds is 8. The first-order chi connectivity index (χ1) is 22.6. The summed E-state index contributed by atoms with van der Waals surface area (Å²) in [5.74, 6) is -0.748. The number of amides is 1. The van der Waals surface area contributed by atoms with Gasteiger partial charge in [-0.05, 0) is 80.8 Å². The lowest BCUT2D eigenvalue weighted by atomic mass is 9.58. The Morgan fingerprint density at radius 2 is 1.91 bits per heavy atom. The summed E-state index contributed by atoms with van der Waals surface area (Å²) in [6.07, 6.45) is 7.05. The fourth-order valence-electron chi connectivity index (χ4n) is 7.68. The monoisotopic (exact) mass is 643 g/mol. The van der Waals surface area contributed by atoms with E-state index in [9.17, 15) is 9.59 Å². The van der Waals surface area contributed by atoms with Gasteiger partial charge >= 0.3 is 5.97 Å². The van der Waals surface area contributed by atoms with Crippen molar-refractivity contribution in [2.45, 2.75) is 90.2 Å². The van der Waals surface area contributed by atoms with E-state index in [1.807, 2.05) is 57.2 Å². The lowest BCUT2D eigenvalue weighted by Crippen LogP contribution is -2.70. The first-order valence-electron chi connectivity index (χ1n) is 16.4. The SMILES string of the molecule is Cc1ccc(NC(=O)CCC(=O)O[C@H]2O[C@@H]3O[C@@]4(C)CC[C@H]5[C@H](C)CC[C@@H]([C@H]2C)[C@@]35OO4)cc1Nc1nccc(-c2cccnc2)n1. The first kappa shape index (κ1) is 31.6. The van der Waals surface area contributed by atoms with Crippen LogP contribution in [0, 0.1) is 30.6 Å². The van der Waals surface area contributed by atoms with E-state index in [-0.39, 0.29) is 36.5 Å². The van der Waals surface area contributed by atoms with Gasteiger partial charge in [-0.15, -0.1) is 0 Å². The number of carbonyl (C=O) groups is 2. The van der Waals surface area contributed by atoms with Crippen LogP contribution < -0.4 is 10.6 Å². The molecule has 8 atom stereocenters. The van der Waals surface area contributed by atoms with Crippen LogP contribution in [-0.2, 0) is 33.6 Å². The maximum Gasteiger partial charge on any atom is 0.308 e. The molecule has 2 bridgehead atoms. The van der Waals surface area contributed by atoms with Crippen molar-refractivity contribution in [1.82, 2.24) is 15.0 Å². The molecule has 2 N–H and O–H groups in total. The Labute approximate surface area is 273 Å². The van der Waals surface area contributed by atoms with Gasteiger partial charge in [0.15, 0.2) is 11.9 Å². The molecule has 4 aliphatic heterocycles. The third-order valence-electron chi connectivity index (χ3n) is 10.3. The maximum absolute atomic E-state index is 13.0. The molecule has 5 fully saturated rings. The first-order valence-corrected chi connectivity index (χ1v) is 16.4. The Bertz CT molecular complexity index is 1640. The summed E-state index contributed by atoms with van der Waals surface area (Å²) in [6.45, 7) is 8.09. The van der Waals surface area contributed by atoms with Gasteiger partial charge in [-0.2, -0.15) is 0 Å². The van der Waals surface area contributed by atoms with Crippen molar-refractivity contribution in [2.75, 3.05) is 10.6 Å². The Morgan fingerprint density at radius 1 is 1.04 bits per heavy atom. The minimum atomic E-state index is -0.910. The highest BCUT2D eigenvalue weighted by molar-refractivity contribution is 5.93. The Hall–Kier alpha value is -3.97. The van der Waals surface area contributed by atoms with E-state index >= 15 is 0 Å². The molecule has 3 aromatic rings. The zero-order valence-corrected chi connectivity index (χ0v) is 27.1. The highest BCUT2D eigenvalue weighted by Gasteiger charge is 2.69. The average Bonchev–Trinajstić information content (AvgIpc) is 3.30. The number of hydrogen-bond donors (Lipinski definition) is 2. The Morgan fingerprint density at radius 3 is 2.74 bits per heavy atom. The van der Waals surface area contributed by atoms with Crippen molar-refractivity contribution in [1.29, 1.82) is 0 Å². The number of nitrogens with zero attached hydrogens (tertiary/aromatic N) is 3. The summed E-state index contributed by atoms with van der Waals surface area (Å²) in [5, 5.41) is 6.12. The van der Waals surface area contributed by atoms with Crippen LogP contribution in [0.5, 0.6) is 0 Å². The summed E-state index contributed by atoms with van der Waals surface area (Å²) in [6, 6.07) is 11.1. The van der Waals surface area contributed by atoms with Crippen LogP contribution in [0.2, 0.25) is 0 Å².